The van der Waals surface area contributed by atoms with Crippen molar-refractivity contribution in [3.05, 3.63) is 23.3 Å². The SMILES string of the molecule is CC1=CC(=O)C=C(C)C12CC[C@@H]([C@@](C)(O)CO)C2. The van der Waals surface area contributed by atoms with Crippen LogP contribution in [-0.2, 0) is 4.79 Å². The van der Waals surface area contributed by atoms with Crippen molar-refractivity contribution in [3.8, 4) is 0 Å². The van der Waals surface area contributed by atoms with E-state index in [1.807, 2.05) is 13.8 Å². The predicted molar refractivity (Wildman–Crippen MR) is 70.0 cm³/mol. The van der Waals surface area contributed by atoms with Gasteiger partial charge in [0.15, 0.2) is 5.78 Å². The predicted octanol–water partition coefficient (Wildman–Crippen LogP) is 1.99. The highest BCUT2D eigenvalue weighted by atomic mass is 16.3. The van der Waals surface area contributed by atoms with Gasteiger partial charge in [-0.25, -0.2) is 0 Å². The molecule has 0 saturated heterocycles. The summed E-state index contributed by atoms with van der Waals surface area (Å²) in [5.41, 5.74) is 1.11. The Labute approximate surface area is 108 Å². The molecule has 100 valence electrons. The number of carbonyl (C=O) groups excluding carboxylic acids is 1. The van der Waals surface area contributed by atoms with E-state index in [9.17, 15) is 15.0 Å². The van der Waals surface area contributed by atoms with Gasteiger partial charge in [0.25, 0.3) is 0 Å². The molecule has 0 aromatic rings. The van der Waals surface area contributed by atoms with Crippen molar-refractivity contribution in [1.29, 1.82) is 0 Å². The van der Waals surface area contributed by atoms with E-state index in [0.29, 0.717) is 0 Å². The number of carbonyl (C=O) groups is 1. The van der Waals surface area contributed by atoms with Gasteiger partial charge in [0.2, 0.25) is 0 Å². The van der Waals surface area contributed by atoms with Crippen molar-refractivity contribution in [2.75, 3.05) is 6.61 Å². The standard InChI is InChI=1S/C15H22O3/c1-10-6-13(17)7-11(2)15(10)5-4-12(8-15)14(3,18)9-16/h6-7,12,16,18H,4-5,8-9H2,1-3H3/t12-,14+/m1/s1. The fourth-order valence-corrected chi connectivity index (χ4v) is 3.48. The monoisotopic (exact) mass is 250 g/mol. The lowest BCUT2D eigenvalue weighted by Gasteiger charge is -2.36. The number of hydrogen-bond donors (Lipinski definition) is 2. The molecule has 0 heterocycles. The van der Waals surface area contributed by atoms with Crippen LogP contribution in [0, 0.1) is 11.3 Å². The van der Waals surface area contributed by atoms with Gasteiger partial charge in [-0.05, 0) is 58.1 Å². The summed E-state index contributed by atoms with van der Waals surface area (Å²) in [6, 6.07) is 0. The van der Waals surface area contributed by atoms with E-state index in [-0.39, 0.29) is 23.7 Å². The number of aliphatic hydroxyl groups excluding tert-OH is 1. The summed E-state index contributed by atoms with van der Waals surface area (Å²) in [6.07, 6.45) is 6.08. The van der Waals surface area contributed by atoms with E-state index in [0.717, 1.165) is 30.4 Å². The number of ketones is 1. The Morgan fingerprint density at radius 3 is 2.44 bits per heavy atom. The Hall–Kier alpha value is -0.930. The highest BCUT2D eigenvalue weighted by Gasteiger charge is 2.48. The normalized spacial score (nSPS) is 30.1. The van der Waals surface area contributed by atoms with Crippen LogP contribution >= 0.6 is 0 Å². The summed E-state index contributed by atoms with van der Waals surface area (Å²) < 4.78 is 0. The second-order valence-electron chi connectivity index (χ2n) is 6.09. The summed E-state index contributed by atoms with van der Waals surface area (Å²) in [6.45, 7) is 5.50. The molecule has 3 heteroatoms. The molecule has 0 bridgehead atoms. The number of aliphatic hydroxyl groups is 2. The maximum absolute atomic E-state index is 11.5. The second kappa shape index (κ2) is 4.32. The first kappa shape index (κ1) is 13.5. The summed E-state index contributed by atoms with van der Waals surface area (Å²) in [5.74, 6) is 0.149. The van der Waals surface area contributed by atoms with Crippen molar-refractivity contribution in [3.63, 3.8) is 0 Å². The quantitative estimate of drug-likeness (QED) is 0.788. The molecule has 2 aliphatic carbocycles. The Morgan fingerprint density at radius 1 is 1.39 bits per heavy atom. The van der Waals surface area contributed by atoms with Crippen molar-refractivity contribution in [1.82, 2.24) is 0 Å². The van der Waals surface area contributed by atoms with E-state index in [2.05, 4.69) is 0 Å². The largest absolute Gasteiger partial charge is 0.393 e. The third-order valence-corrected chi connectivity index (χ3v) is 4.94. The molecular formula is C15H22O3. The zero-order chi connectivity index (χ0) is 13.6. The molecule has 3 nitrogen and oxygen atoms in total. The molecule has 0 unspecified atom stereocenters. The highest BCUT2D eigenvalue weighted by molar-refractivity contribution is 6.01. The Morgan fingerprint density at radius 2 is 1.94 bits per heavy atom. The first-order valence-electron chi connectivity index (χ1n) is 6.56. The molecule has 2 rings (SSSR count). The van der Waals surface area contributed by atoms with Gasteiger partial charge in [0, 0.05) is 5.41 Å². The van der Waals surface area contributed by atoms with Crippen LogP contribution in [0.15, 0.2) is 23.3 Å². The molecule has 1 fully saturated rings. The zero-order valence-corrected chi connectivity index (χ0v) is 11.4. The average molecular weight is 250 g/mol. The fraction of sp³-hybridized carbons (Fsp3) is 0.667. The second-order valence-corrected chi connectivity index (χ2v) is 6.09. The average Bonchev–Trinajstić information content (AvgIpc) is 2.73. The highest BCUT2D eigenvalue weighted by Crippen LogP contribution is 2.55. The Kier molecular flexibility index (Phi) is 3.24. The van der Waals surface area contributed by atoms with Gasteiger partial charge in [0.1, 0.15) is 0 Å². The van der Waals surface area contributed by atoms with E-state index >= 15 is 0 Å². The lowest BCUT2D eigenvalue weighted by molar-refractivity contribution is -0.110. The van der Waals surface area contributed by atoms with Gasteiger partial charge >= 0.3 is 0 Å². The van der Waals surface area contributed by atoms with Crippen LogP contribution < -0.4 is 0 Å². The molecule has 2 aliphatic rings. The van der Waals surface area contributed by atoms with E-state index in [1.54, 1.807) is 19.1 Å². The number of rotatable bonds is 2. The van der Waals surface area contributed by atoms with Crippen LogP contribution in [0.1, 0.15) is 40.0 Å². The van der Waals surface area contributed by atoms with Gasteiger partial charge < -0.3 is 10.2 Å². The fourth-order valence-electron chi connectivity index (χ4n) is 3.48. The molecular weight excluding hydrogens is 228 g/mol. The molecule has 0 radical (unpaired) electrons. The molecule has 0 aliphatic heterocycles. The van der Waals surface area contributed by atoms with Gasteiger partial charge in [-0.1, -0.05) is 11.1 Å². The molecule has 18 heavy (non-hydrogen) atoms. The van der Waals surface area contributed by atoms with Crippen LogP contribution in [0.5, 0.6) is 0 Å². The van der Waals surface area contributed by atoms with Gasteiger partial charge in [-0.2, -0.15) is 0 Å². The van der Waals surface area contributed by atoms with Crippen molar-refractivity contribution in [2.24, 2.45) is 11.3 Å². The molecule has 2 N–H and O–H groups in total. The summed E-state index contributed by atoms with van der Waals surface area (Å²) >= 11 is 0. The molecule has 0 aromatic carbocycles. The Balaban J connectivity index is 2.29. The topological polar surface area (TPSA) is 57.5 Å². The maximum atomic E-state index is 11.5. The summed E-state index contributed by atoms with van der Waals surface area (Å²) in [7, 11) is 0. The lowest BCUT2D eigenvalue weighted by Crippen LogP contribution is -2.38. The molecule has 0 aromatic heterocycles. The van der Waals surface area contributed by atoms with Crippen molar-refractivity contribution < 1.29 is 15.0 Å². The van der Waals surface area contributed by atoms with E-state index < -0.39 is 5.60 Å². The first-order valence-corrected chi connectivity index (χ1v) is 6.56. The van der Waals surface area contributed by atoms with Crippen LogP contribution in [0.4, 0.5) is 0 Å². The van der Waals surface area contributed by atoms with E-state index in [1.165, 1.54) is 0 Å². The van der Waals surface area contributed by atoms with Gasteiger partial charge in [-0.3, -0.25) is 4.79 Å². The Bertz CT molecular complexity index is 407. The number of hydrogen-bond acceptors (Lipinski definition) is 3. The van der Waals surface area contributed by atoms with Crippen LogP contribution in [0.2, 0.25) is 0 Å². The van der Waals surface area contributed by atoms with Crippen LogP contribution in [-0.4, -0.2) is 28.2 Å². The molecule has 1 saturated carbocycles. The minimum absolute atomic E-state index is 0.0630. The third-order valence-electron chi connectivity index (χ3n) is 4.94. The molecule has 2 atom stereocenters. The minimum atomic E-state index is -1.02. The van der Waals surface area contributed by atoms with Crippen molar-refractivity contribution >= 4 is 5.78 Å². The molecule has 1 spiro atoms. The lowest BCUT2D eigenvalue weighted by atomic mass is 9.69. The number of allylic oxidation sites excluding steroid dienone is 4. The first-order chi connectivity index (χ1) is 8.32. The maximum Gasteiger partial charge on any atom is 0.178 e. The molecule has 0 amide bonds. The van der Waals surface area contributed by atoms with Crippen LogP contribution in [0.25, 0.3) is 0 Å². The van der Waals surface area contributed by atoms with Gasteiger partial charge in [0.05, 0.1) is 12.2 Å². The zero-order valence-electron chi connectivity index (χ0n) is 11.4. The minimum Gasteiger partial charge on any atom is -0.393 e. The third kappa shape index (κ3) is 1.95. The van der Waals surface area contributed by atoms with E-state index in [4.69, 9.17) is 0 Å². The van der Waals surface area contributed by atoms with Crippen LogP contribution in [0.3, 0.4) is 0 Å². The van der Waals surface area contributed by atoms with Gasteiger partial charge in [-0.15, -0.1) is 0 Å². The smallest absolute Gasteiger partial charge is 0.178 e. The van der Waals surface area contributed by atoms with Crippen molar-refractivity contribution in [2.45, 2.75) is 45.6 Å². The summed E-state index contributed by atoms with van der Waals surface area (Å²) in [4.78, 5) is 11.5. The summed E-state index contributed by atoms with van der Waals surface area (Å²) in [5, 5.41) is 19.5.